The highest BCUT2D eigenvalue weighted by Crippen LogP contribution is 2.69. The third-order valence-corrected chi connectivity index (χ3v) is 17.9. The van der Waals surface area contributed by atoms with Gasteiger partial charge in [-0.1, -0.05) is 132 Å². The summed E-state index contributed by atoms with van der Waals surface area (Å²) in [5, 5.41) is 0. The van der Waals surface area contributed by atoms with Crippen LogP contribution in [0.2, 0.25) is 0 Å². The molecule has 0 atom stereocenters. The Balaban J connectivity index is 1.02. The maximum Gasteiger partial charge on any atom is 0.0465 e. The number of fused-ring (bicyclic) bond motifs is 6. The van der Waals surface area contributed by atoms with E-state index in [4.69, 9.17) is 0 Å². The molecule has 1 heterocycles. The van der Waals surface area contributed by atoms with Gasteiger partial charge in [0.05, 0.1) is 0 Å². The Morgan fingerprint density at radius 1 is 0.441 bits per heavy atom. The number of hydrogen-bond acceptors (Lipinski definition) is 2. The molecule has 4 fully saturated rings. The molecule has 6 aliphatic carbocycles. The van der Waals surface area contributed by atoms with E-state index in [1.807, 2.05) is 11.8 Å². The van der Waals surface area contributed by atoms with Gasteiger partial charge in [-0.25, -0.2) is 0 Å². The van der Waals surface area contributed by atoms with Gasteiger partial charge in [0.25, 0.3) is 0 Å². The Kier molecular flexibility index (Phi) is 7.70. The first-order chi connectivity index (χ1) is 28.4. The monoisotopic (exact) mass is 787 g/mol. The number of benzene rings is 6. The van der Waals surface area contributed by atoms with Gasteiger partial charge in [0, 0.05) is 37.7 Å². The number of nitrogens with zero attached hydrogens (tertiary/aromatic N) is 1. The molecule has 59 heavy (non-hydrogen) atoms. The quantitative estimate of drug-likeness (QED) is 0.175. The van der Waals surface area contributed by atoms with Crippen LogP contribution in [0, 0.1) is 23.7 Å². The predicted octanol–water partition coefficient (Wildman–Crippen LogP) is 15.7. The van der Waals surface area contributed by atoms with Crippen molar-refractivity contribution in [2.24, 2.45) is 23.7 Å². The van der Waals surface area contributed by atoms with E-state index in [2.05, 4.69) is 174 Å². The van der Waals surface area contributed by atoms with Gasteiger partial charge >= 0.3 is 0 Å². The van der Waals surface area contributed by atoms with Crippen LogP contribution in [0.25, 0.3) is 22.3 Å². The molecule has 6 aromatic rings. The van der Waals surface area contributed by atoms with Crippen molar-refractivity contribution in [1.82, 2.24) is 0 Å². The van der Waals surface area contributed by atoms with E-state index in [0.717, 1.165) is 11.8 Å². The Labute approximate surface area is 356 Å². The Morgan fingerprint density at radius 2 is 1.00 bits per heavy atom. The van der Waals surface area contributed by atoms with Crippen LogP contribution in [0.5, 0.6) is 0 Å². The van der Waals surface area contributed by atoms with E-state index in [1.165, 1.54) is 116 Å². The third kappa shape index (κ3) is 5.17. The molecule has 0 radical (unpaired) electrons. The molecule has 13 rings (SSSR count). The topological polar surface area (TPSA) is 3.24 Å². The summed E-state index contributed by atoms with van der Waals surface area (Å²) in [5.41, 5.74) is 18.6. The molecule has 0 saturated heterocycles. The third-order valence-electron chi connectivity index (χ3n) is 16.8. The van der Waals surface area contributed by atoms with Crippen LogP contribution in [0.1, 0.15) is 120 Å². The molecule has 296 valence electrons. The molecule has 4 bridgehead atoms. The second-order valence-electron chi connectivity index (χ2n) is 21.3. The van der Waals surface area contributed by atoms with E-state index < -0.39 is 0 Å². The lowest BCUT2D eigenvalue weighted by molar-refractivity contribution is -0.0443. The van der Waals surface area contributed by atoms with Gasteiger partial charge in [-0.3, -0.25) is 0 Å². The van der Waals surface area contributed by atoms with Crippen LogP contribution >= 0.6 is 11.8 Å². The van der Waals surface area contributed by atoms with Gasteiger partial charge in [0.1, 0.15) is 0 Å². The first-order valence-corrected chi connectivity index (χ1v) is 23.5. The fraction of sp³-hybridized carbons (Fsp3) is 0.368. The second kappa shape index (κ2) is 12.5. The molecule has 1 nitrogen and oxygen atoms in total. The normalized spacial score (nSPS) is 26.7. The van der Waals surface area contributed by atoms with Crippen molar-refractivity contribution in [3.63, 3.8) is 0 Å². The van der Waals surface area contributed by atoms with Crippen molar-refractivity contribution < 1.29 is 0 Å². The Bertz CT molecular complexity index is 2660. The van der Waals surface area contributed by atoms with Crippen molar-refractivity contribution in [1.29, 1.82) is 0 Å². The van der Waals surface area contributed by atoms with Gasteiger partial charge < -0.3 is 4.90 Å². The minimum absolute atomic E-state index is 0.0765. The molecule has 2 heteroatoms. The van der Waals surface area contributed by atoms with Crippen molar-refractivity contribution in [3.8, 4) is 22.3 Å². The van der Waals surface area contributed by atoms with Crippen LogP contribution in [-0.2, 0) is 21.7 Å². The average molecular weight is 788 g/mol. The van der Waals surface area contributed by atoms with Gasteiger partial charge in [0.15, 0.2) is 0 Å². The molecule has 7 aliphatic rings. The number of hydrogen-bond donors (Lipinski definition) is 0. The molecule has 0 amide bonds. The van der Waals surface area contributed by atoms with Crippen LogP contribution in [0.15, 0.2) is 137 Å². The molecule has 4 saturated carbocycles. The lowest BCUT2D eigenvalue weighted by Gasteiger charge is -2.63. The Hall–Kier alpha value is -4.53. The lowest BCUT2D eigenvalue weighted by atomic mass is 9.42. The zero-order valence-electron chi connectivity index (χ0n) is 35.7. The van der Waals surface area contributed by atoms with Crippen molar-refractivity contribution >= 4 is 28.8 Å². The van der Waals surface area contributed by atoms with E-state index >= 15 is 0 Å². The second-order valence-corrected chi connectivity index (χ2v) is 22.3. The van der Waals surface area contributed by atoms with E-state index in [9.17, 15) is 0 Å². The summed E-state index contributed by atoms with van der Waals surface area (Å²) >= 11 is 2.01. The smallest absolute Gasteiger partial charge is 0.0465 e. The molecular weight excluding hydrogens is 731 g/mol. The summed E-state index contributed by atoms with van der Waals surface area (Å²) in [6, 6.07) is 50.3. The van der Waals surface area contributed by atoms with Crippen molar-refractivity contribution in [2.75, 3.05) is 4.90 Å². The van der Waals surface area contributed by atoms with Gasteiger partial charge in [-0.05, 0) is 184 Å². The summed E-state index contributed by atoms with van der Waals surface area (Å²) in [4.78, 5) is 5.54. The summed E-state index contributed by atoms with van der Waals surface area (Å²) in [7, 11) is 0. The highest BCUT2D eigenvalue weighted by Gasteiger charge is 2.60. The van der Waals surface area contributed by atoms with E-state index in [0.29, 0.717) is 11.8 Å². The highest BCUT2D eigenvalue weighted by molar-refractivity contribution is 7.99. The zero-order chi connectivity index (χ0) is 40.1. The first kappa shape index (κ1) is 36.3. The summed E-state index contributed by atoms with van der Waals surface area (Å²) < 4.78 is 0. The SMILES string of the molecule is CC1(C)CCC(C)(C)c2cc(-c3ccc(N(c4ccc5c(c4)C(C)(C)c4ccccc4-5)c4ccc5c(c4)C4(c6ccccc6S5)C5CC6CC(C5)CC4C6)cc3)ccc21. The van der Waals surface area contributed by atoms with E-state index in [1.54, 1.807) is 11.1 Å². The number of rotatable bonds is 4. The van der Waals surface area contributed by atoms with Crippen molar-refractivity contribution in [3.05, 3.63) is 161 Å². The maximum atomic E-state index is 2.66. The van der Waals surface area contributed by atoms with E-state index in [-0.39, 0.29) is 21.7 Å². The number of anilines is 3. The Morgan fingerprint density at radius 3 is 1.73 bits per heavy atom. The van der Waals surface area contributed by atoms with Crippen molar-refractivity contribution in [2.45, 2.75) is 118 Å². The first-order valence-electron chi connectivity index (χ1n) is 22.6. The minimum Gasteiger partial charge on any atom is -0.310 e. The summed E-state index contributed by atoms with van der Waals surface area (Å²) in [5.74, 6) is 3.26. The molecular formula is C57H57NS. The zero-order valence-corrected chi connectivity index (χ0v) is 36.6. The predicted molar refractivity (Wildman–Crippen MR) is 248 cm³/mol. The molecule has 0 unspecified atom stereocenters. The fourth-order valence-electron chi connectivity index (χ4n) is 13.9. The van der Waals surface area contributed by atoms with Gasteiger partial charge in [-0.2, -0.15) is 0 Å². The minimum atomic E-state index is -0.0765. The molecule has 6 aromatic carbocycles. The molecule has 0 aromatic heterocycles. The fourth-order valence-corrected chi connectivity index (χ4v) is 15.1. The van der Waals surface area contributed by atoms with Gasteiger partial charge in [0.2, 0.25) is 0 Å². The van der Waals surface area contributed by atoms with Crippen LogP contribution in [0.3, 0.4) is 0 Å². The largest absolute Gasteiger partial charge is 0.310 e. The lowest BCUT2D eigenvalue weighted by Crippen LogP contribution is -2.57. The maximum absolute atomic E-state index is 2.66. The summed E-state index contributed by atoms with van der Waals surface area (Å²) in [6.45, 7) is 14.5. The van der Waals surface area contributed by atoms with Crippen LogP contribution in [0.4, 0.5) is 17.1 Å². The molecule has 0 N–H and O–H groups in total. The van der Waals surface area contributed by atoms with Gasteiger partial charge in [-0.15, -0.1) is 0 Å². The molecule has 1 spiro atoms. The highest BCUT2D eigenvalue weighted by atomic mass is 32.2. The van der Waals surface area contributed by atoms with Crippen LogP contribution < -0.4 is 4.90 Å². The molecule has 1 aliphatic heterocycles. The summed E-state index contributed by atoms with van der Waals surface area (Å²) in [6.07, 6.45) is 9.48. The van der Waals surface area contributed by atoms with Crippen LogP contribution in [-0.4, -0.2) is 0 Å². The standard InChI is InChI=1S/C57H57NS/c1-54(2)25-26-55(3,4)50-32-38(17-23-47(50)54)37-15-18-41(19-16-37)58(42-20-22-45-44-11-7-8-12-46(44)56(5,6)49(45)33-42)43-21-24-53-51(34-43)57(48-13-9-10-14-52(48)59-53)39-28-35-27-36(30-39)31-40(57)29-35/h7-24,32-36,39-40H,25-31H2,1-6H3. The average Bonchev–Trinajstić information content (AvgIpc) is 3.46.